The second kappa shape index (κ2) is 4.90. The summed E-state index contributed by atoms with van der Waals surface area (Å²) < 4.78 is 11.0. The molecule has 1 heterocycles. The predicted octanol–water partition coefficient (Wildman–Crippen LogP) is 1.87. The van der Waals surface area contributed by atoms with Gasteiger partial charge in [-0.1, -0.05) is 6.08 Å². The molecule has 2 atom stereocenters. The molecule has 2 N–H and O–H groups in total. The number of amides is 1. The average Bonchev–Trinajstić information content (AvgIpc) is 2.50. The third kappa shape index (κ3) is 3.23. The maximum Gasteiger partial charge on any atom is 0.412 e. The highest BCUT2D eigenvalue weighted by Gasteiger charge is 2.47. The molecule has 1 saturated heterocycles. The van der Waals surface area contributed by atoms with Crippen molar-refractivity contribution >= 4 is 6.09 Å². The molecule has 0 aromatic heterocycles. The first-order valence-corrected chi connectivity index (χ1v) is 6.13. The minimum atomic E-state index is -0.715. The number of rotatable bonds is 2. The Hall–Kier alpha value is -1.07. The number of carbonyl (C=O) groups is 1. The lowest BCUT2D eigenvalue weighted by molar-refractivity contribution is -0.0627. The summed E-state index contributed by atoms with van der Waals surface area (Å²) >= 11 is 0. The summed E-state index contributed by atoms with van der Waals surface area (Å²) in [5, 5.41) is 0. The zero-order valence-electron chi connectivity index (χ0n) is 11.9. The van der Waals surface area contributed by atoms with Gasteiger partial charge in [-0.15, -0.1) is 6.58 Å². The molecule has 104 valence electrons. The summed E-state index contributed by atoms with van der Waals surface area (Å²) in [5.41, 5.74) is 4.69. The van der Waals surface area contributed by atoms with E-state index in [2.05, 4.69) is 6.58 Å². The molecule has 1 amide bonds. The fourth-order valence-electron chi connectivity index (χ4n) is 1.94. The van der Waals surface area contributed by atoms with Crippen LogP contribution < -0.4 is 5.73 Å². The van der Waals surface area contributed by atoms with Gasteiger partial charge in [0.15, 0.2) is 0 Å². The van der Waals surface area contributed by atoms with E-state index < -0.39 is 17.4 Å². The SMILES string of the molecule is C=C[C@@H](N)[C@@H]1COC(C)(C)N1C(=O)OC(C)(C)C. The van der Waals surface area contributed by atoms with Crippen molar-refractivity contribution < 1.29 is 14.3 Å². The molecule has 1 aliphatic rings. The molecule has 1 rings (SSSR count). The van der Waals surface area contributed by atoms with Gasteiger partial charge in [0.1, 0.15) is 11.3 Å². The standard InChI is InChI=1S/C13H24N2O3/c1-7-9(14)10-8-17-13(5,6)15(10)11(16)18-12(2,3)4/h7,9-10H,1,8,14H2,2-6H3/t9-,10+/m1/s1. The van der Waals surface area contributed by atoms with E-state index in [4.69, 9.17) is 15.2 Å². The van der Waals surface area contributed by atoms with Crippen LogP contribution in [-0.2, 0) is 9.47 Å². The Labute approximate surface area is 109 Å². The maximum absolute atomic E-state index is 12.2. The molecule has 18 heavy (non-hydrogen) atoms. The molecule has 0 spiro atoms. The van der Waals surface area contributed by atoms with E-state index in [0.29, 0.717) is 6.61 Å². The molecule has 5 heteroatoms. The molecule has 1 aliphatic heterocycles. The number of ether oxygens (including phenoxy) is 2. The third-order valence-corrected chi connectivity index (χ3v) is 2.83. The molecule has 1 fully saturated rings. The zero-order valence-corrected chi connectivity index (χ0v) is 11.9. The lowest BCUT2D eigenvalue weighted by Gasteiger charge is -2.36. The quantitative estimate of drug-likeness (QED) is 0.766. The van der Waals surface area contributed by atoms with Crippen LogP contribution in [0.3, 0.4) is 0 Å². The van der Waals surface area contributed by atoms with Crippen molar-refractivity contribution in [2.24, 2.45) is 5.73 Å². The van der Waals surface area contributed by atoms with E-state index in [9.17, 15) is 4.79 Å². The van der Waals surface area contributed by atoms with Crippen molar-refractivity contribution in [3.63, 3.8) is 0 Å². The lowest BCUT2D eigenvalue weighted by atomic mass is 10.1. The van der Waals surface area contributed by atoms with Crippen LogP contribution in [0.1, 0.15) is 34.6 Å². The van der Waals surface area contributed by atoms with Gasteiger partial charge in [-0.05, 0) is 34.6 Å². The molecule has 0 aliphatic carbocycles. The van der Waals surface area contributed by atoms with Gasteiger partial charge in [0.25, 0.3) is 0 Å². The monoisotopic (exact) mass is 256 g/mol. The van der Waals surface area contributed by atoms with E-state index in [1.54, 1.807) is 11.0 Å². The number of hydrogen-bond donors (Lipinski definition) is 1. The van der Waals surface area contributed by atoms with Gasteiger partial charge >= 0.3 is 6.09 Å². The number of hydrogen-bond acceptors (Lipinski definition) is 4. The molecule has 0 aromatic carbocycles. The molecular weight excluding hydrogens is 232 g/mol. The number of carbonyl (C=O) groups excluding carboxylic acids is 1. The highest BCUT2D eigenvalue weighted by molar-refractivity contribution is 5.70. The topological polar surface area (TPSA) is 64.8 Å². The Morgan fingerprint density at radius 1 is 1.61 bits per heavy atom. The molecule has 0 saturated carbocycles. The first kappa shape index (κ1) is 15.0. The van der Waals surface area contributed by atoms with Crippen molar-refractivity contribution in [3.05, 3.63) is 12.7 Å². The van der Waals surface area contributed by atoms with Crippen LogP contribution in [-0.4, -0.2) is 41.0 Å². The first-order chi connectivity index (χ1) is 8.08. The summed E-state index contributed by atoms with van der Waals surface area (Å²) in [6, 6.07) is -0.577. The molecule has 0 bridgehead atoms. The molecular formula is C13H24N2O3. The Morgan fingerprint density at radius 3 is 2.61 bits per heavy atom. The Morgan fingerprint density at radius 2 is 2.17 bits per heavy atom. The summed E-state index contributed by atoms with van der Waals surface area (Å²) in [6.45, 7) is 13.2. The zero-order chi connectivity index (χ0) is 14.1. The second-order valence-corrected chi connectivity index (χ2v) is 5.99. The van der Waals surface area contributed by atoms with Gasteiger partial charge in [-0.25, -0.2) is 4.79 Å². The highest BCUT2D eigenvalue weighted by Crippen LogP contribution is 2.30. The van der Waals surface area contributed by atoms with Crippen molar-refractivity contribution in [2.45, 2.75) is 58.0 Å². The number of nitrogens with zero attached hydrogens (tertiary/aromatic N) is 1. The van der Waals surface area contributed by atoms with Crippen LogP contribution >= 0.6 is 0 Å². The molecule has 0 unspecified atom stereocenters. The summed E-state index contributed by atoms with van der Waals surface area (Å²) in [4.78, 5) is 13.8. The van der Waals surface area contributed by atoms with Crippen LogP contribution in [0.15, 0.2) is 12.7 Å². The Kier molecular flexibility index (Phi) is 4.08. The van der Waals surface area contributed by atoms with Gasteiger partial charge in [-0.2, -0.15) is 0 Å². The summed E-state index contributed by atoms with van der Waals surface area (Å²) in [7, 11) is 0. The van der Waals surface area contributed by atoms with Gasteiger partial charge < -0.3 is 15.2 Å². The first-order valence-electron chi connectivity index (χ1n) is 6.13. The molecule has 5 nitrogen and oxygen atoms in total. The minimum Gasteiger partial charge on any atom is -0.444 e. The summed E-state index contributed by atoms with van der Waals surface area (Å²) in [6.07, 6.45) is 1.21. The van der Waals surface area contributed by atoms with Gasteiger partial charge in [0.05, 0.1) is 12.6 Å². The Bertz CT molecular complexity index is 334. The van der Waals surface area contributed by atoms with E-state index in [1.165, 1.54) is 0 Å². The van der Waals surface area contributed by atoms with Crippen LogP contribution in [0.4, 0.5) is 4.79 Å². The fraction of sp³-hybridized carbons (Fsp3) is 0.769. The normalized spacial score (nSPS) is 24.8. The third-order valence-electron chi connectivity index (χ3n) is 2.83. The van der Waals surface area contributed by atoms with E-state index in [0.717, 1.165) is 0 Å². The summed E-state index contributed by atoms with van der Waals surface area (Å²) in [5.74, 6) is 0. The van der Waals surface area contributed by atoms with E-state index in [-0.39, 0.29) is 12.1 Å². The van der Waals surface area contributed by atoms with Crippen LogP contribution in [0.5, 0.6) is 0 Å². The smallest absolute Gasteiger partial charge is 0.412 e. The predicted molar refractivity (Wildman–Crippen MR) is 70.1 cm³/mol. The van der Waals surface area contributed by atoms with Gasteiger partial charge in [0.2, 0.25) is 0 Å². The van der Waals surface area contributed by atoms with Gasteiger partial charge in [-0.3, -0.25) is 4.90 Å². The molecule has 0 radical (unpaired) electrons. The van der Waals surface area contributed by atoms with E-state index in [1.807, 2.05) is 34.6 Å². The van der Waals surface area contributed by atoms with Crippen molar-refractivity contribution in [1.82, 2.24) is 4.90 Å². The molecule has 0 aromatic rings. The van der Waals surface area contributed by atoms with Gasteiger partial charge in [0, 0.05) is 6.04 Å². The van der Waals surface area contributed by atoms with Crippen molar-refractivity contribution in [1.29, 1.82) is 0 Å². The second-order valence-electron chi connectivity index (χ2n) is 5.99. The van der Waals surface area contributed by atoms with E-state index >= 15 is 0 Å². The van der Waals surface area contributed by atoms with Crippen molar-refractivity contribution in [2.75, 3.05) is 6.61 Å². The fourth-order valence-corrected chi connectivity index (χ4v) is 1.94. The largest absolute Gasteiger partial charge is 0.444 e. The Balaban J connectivity index is 2.92. The van der Waals surface area contributed by atoms with Crippen LogP contribution in [0.25, 0.3) is 0 Å². The van der Waals surface area contributed by atoms with Crippen LogP contribution in [0, 0.1) is 0 Å². The average molecular weight is 256 g/mol. The van der Waals surface area contributed by atoms with Crippen LogP contribution in [0.2, 0.25) is 0 Å². The number of nitrogens with two attached hydrogens (primary N) is 1. The minimum absolute atomic E-state index is 0.243. The highest BCUT2D eigenvalue weighted by atomic mass is 16.6. The van der Waals surface area contributed by atoms with Crippen molar-refractivity contribution in [3.8, 4) is 0 Å². The maximum atomic E-state index is 12.2. The lowest BCUT2D eigenvalue weighted by Crippen LogP contribution is -2.54.